The molecule has 72 valence electrons. The first-order valence-electron chi connectivity index (χ1n) is 4.48. The lowest BCUT2D eigenvalue weighted by molar-refractivity contribution is 0.655. The summed E-state index contributed by atoms with van der Waals surface area (Å²) in [4.78, 5) is 0. The molecule has 0 aromatic heterocycles. The second-order valence-electron chi connectivity index (χ2n) is 2.95. The van der Waals surface area contributed by atoms with Crippen molar-refractivity contribution in [3.63, 3.8) is 0 Å². The fraction of sp³-hybridized carbons (Fsp3) is 0.400. The summed E-state index contributed by atoms with van der Waals surface area (Å²) < 4.78 is 1.28. The van der Waals surface area contributed by atoms with Crippen molar-refractivity contribution >= 4 is 22.6 Å². The molecular formula is C10H15IN2. The van der Waals surface area contributed by atoms with Crippen LogP contribution in [0.2, 0.25) is 0 Å². The minimum atomic E-state index is 0.764. The van der Waals surface area contributed by atoms with Crippen LogP contribution >= 0.6 is 22.6 Å². The highest BCUT2D eigenvalue weighted by Crippen LogP contribution is 2.06. The van der Waals surface area contributed by atoms with E-state index < -0.39 is 0 Å². The van der Waals surface area contributed by atoms with Gasteiger partial charge in [-0.25, -0.2) is 0 Å². The molecule has 0 radical (unpaired) electrons. The Bertz CT molecular complexity index is 233. The van der Waals surface area contributed by atoms with Gasteiger partial charge in [0.15, 0.2) is 0 Å². The highest BCUT2D eigenvalue weighted by atomic mass is 127. The third kappa shape index (κ3) is 4.59. The molecular weight excluding hydrogens is 275 g/mol. The smallest absolute Gasteiger partial charge is 0.0205 e. The van der Waals surface area contributed by atoms with E-state index in [9.17, 15) is 0 Å². The summed E-state index contributed by atoms with van der Waals surface area (Å²) in [6.07, 6.45) is 1.05. The van der Waals surface area contributed by atoms with Crippen LogP contribution in [0.3, 0.4) is 0 Å². The van der Waals surface area contributed by atoms with Crippen LogP contribution in [-0.2, 0) is 6.54 Å². The molecule has 0 aliphatic carbocycles. The fourth-order valence-corrected chi connectivity index (χ4v) is 1.42. The molecule has 0 unspecified atom stereocenters. The second kappa shape index (κ2) is 6.34. The molecule has 0 aliphatic rings. The van der Waals surface area contributed by atoms with Crippen molar-refractivity contribution in [2.45, 2.75) is 13.0 Å². The number of halogens is 1. The molecule has 3 N–H and O–H groups in total. The van der Waals surface area contributed by atoms with Crippen LogP contribution in [0.5, 0.6) is 0 Å². The molecule has 1 rings (SSSR count). The predicted octanol–water partition coefficient (Wildman–Crippen LogP) is 1.73. The zero-order valence-electron chi connectivity index (χ0n) is 7.59. The molecule has 0 heterocycles. The van der Waals surface area contributed by atoms with Gasteiger partial charge in [-0.1, -0.05) is 12.1 Å². The van der Waals surface area contributed by atoms with Gasteiger partial charge >= 0.3 is 0 Å². The van der Waals surface area contributed by atoms with Crippen molar-refractivity contribution in [3.8, 4) is 0 Å². The molecule has 0 bridgehead atoms. The monoisotopic (exact) mass is 290 g/mol. The lowest BCUT2D eigenvalue weighted by Crippen LogP contribution is -2.17. The maximum atomic E-state index is 5.39. The summed E-state index contributed by atoms with van der Waals surface area (Å²) in [7, 11) is 0. The maximum absolute atomic E-state index is 5.39. The normalized spacial score (nSPS) is 10.3. The Balaban J connectivity index is 2.25. The van der Waals surface area contributed by atoms with Crippen LogP contribution in [0.1, 0.15) is 12.0 Å². The molecule has 2 nitrogen and oxygen atoms in total. The van der Waals surface area contributed by atoms with E-state index in [-0.39, 0.29) is 0 Å². The maximum Gasteiger partial charge on any atom is 0.0205 e. The van der Waals surface area contributed by atoms with Crippen LogP contribution in [0, 0.1) is 3.57 Å². The SMILES string of the molecule is NCCCNCc1ccc(I)cc1. The first-order chi connectivity index (χ1) is 6.33. The minimum absolute atomic E-state index is 0.764. The first-order valence-corrected chi connectivity index (χ1v) is 5.56. The van der Waals surface area contributed by atoms with E-state index in [1.165, 1.54) is 9.13 Å². The summed E-state index contributed by atoms with van der Waals surface area (Å²) >= 11 is 2.31. The Morgan fingerprint density at radius 2 is 1.92 bits per heavy atom. The van der Waals surface area contributed by atoms with E-state index in [1.807, 2.05) is 0 Å². The topological polar surface area (TPSA) is 38.0 Å². The molecule has 0 saturated heterocycles. The number of rotatable bonds is 5. The van der Waals surface area contributed by atoms with Gasteiger partial charge in [-0.2, -0.15) is 0 Å². The summed E-state index contributed by atoms with van der Waals surface area (Å²) in [6.45, 7) is 2.71. The largest absolute Gasteiger partial charge is 0.330 e. The molecule has 1 aromatic rings. The Kier molecular flexibility index (Phi) is 5.34. The number of hydrogen-bond acceptors (Lipinski definition) is 2. The molecule has 3 heteroatoms. The number of nitrogens with two attached hydrogens (primary N) is 1. The second-order valence-corrected chi connectivity index (χ2v) is 4.19. The average molecular weight is 290 g/mol. The zero-order chi connectivity index (χ0) is 9.52. The quantitative estimate of drug-likeness (QED) is 0.640. The van der Waals surface area contributed by atoms with Gasteiger partial charge in [-0.3, -0.25) is 0 Å². The third-order valence-corrected chi connectivity index (χ3v) is 2.52. The van der Waals surface area contributed by atoms with Crippen molar-refractivity contribution < 1.29 is 0 Å². The van der Waals surface area contributed by atoms with Crippen LogP contribution in [-0.4, -0.2) is 13.1 Å². The van der Waals surface area contributed by atoms with Crippen molar-refractivity contribution in [2.24, 2.45) is 5.73 Å². The van der Waals surface area contributed by atoms with Crippen molar-refractivity contribution in [3.05, 3.63) is 33.4 Å². The van der Waals surface area contributed by atoms with E-state index in [0.29, 0.717) is 0 Å². The van der Waals surface area contributed by atoms with Gasteiger partial charge in [0.05, 0.1) is 0 Å². The lowest BCUT2D eigenvalue weighted by Gasteiger charge is -2.03. The van der Waals surface area contributed by atoms with Gasteiger partial charge in [0.25, 0.3) is 0 Å². The van der Waals surface area contributed by atoms with Crippen molar-refractivity contribution in [1.82, 2.24) is 5.32 Å². The summed E-state index contributed by atoms with van der Waals surface area (Å²) in [5, 5.41) is 3.34. The Morgan fingerprint density at radius 1 is 1.23 bits per heavy atom. The van der Waals surface area contributed by atoms with Gasteiger partial charge in [-0.05, 0) is 59.8 Å². The zero-order valence-corrected chi connectivity index (χ0v) is 9.75. The third-order valence-electron chi connectivity index (χ3n) is 1.80. The van der Waals surface area contributed by atoms with Crippen LogP contribution < -0.4 is 11.1 Å². The summed E-state index contributed by atoms with van der Waals surface area (Å²) in [5.74, 6) is 0. The standard InChI is InChI=1S/C10H15IN2/c11-10-4-2-9(3-5-10)8-13-7-1-6-12/h2-5,13H,1,6-8,12H2. The van der Waals surface area contributed by atoms with Gasteiger partial charge in [0.2, 0.25) is 0 Å². The summed E-state index contributed by atoms with van der Waals surface area (Å²) in [5.41, 5.74) is 6.72. The Labute approximate surface area is 93.0 Å². The predicted molar refractivity (Wildman–Crippen MR) is 64.5 cm³/mol. The average Bonchev–Trinajstić information content (AvgIpc) is 2.15. The van der Waals surface area contributed by atoms with Gasteiger partial charge < -0.3 is 11.1 Å². The fourth-order valence-electron chi connectivity index (χ4n) is 1.06. The molecule has 0 saturated carbocycles. The molecule has 1 aromatic carbocycles. The molecule has 13 heavy (non-hydrogen) atoms. The lowest BCUT2D eigenvalue weighted by atomic mass is 10.2. The van der Waals surface area contributed by atoms with E-state index in [1.54, 1.807) is 0 Å². The number of hydrogen-bond donors (Lipinski definition) is 2. The van der Waals surface area contributed by atoms with Gasteiger partial charge in [-0.15, -0.1) is 0 Å². The van der Waals surface area contributed by atoms with Crippen LogP contribution in [0.25, 0.3) is 0 Å². The Hall–Kier alpha value is -0.130. The highest BCUT2D eigenvalue weighted by molar-refractivity contribution is 14.1. The van der Waals surface area contributed by atoms with Gasteiger partial charge in [0, 0.05) is 10.1 Å². The molecule has 0 spiro atoms. The highest BCUT2D eigenvalue weighted by Gasteiger charge is 1.91. The Morgan fingerprint density at radius 3 is 2.54 bits per heavy atom. The number of benzene rings is 1. The van der Waals surface area contributed by atoms with Crippen LogP contribution in [0.15, 0.2) is 24.3 Å². The number of nitrogens with one attached hydrogen (secondary N) is 1. The van der Waals surface area contributed by atoms with E-state index >= 15 is 0 Å². The van der Waals surface area contributed by atoms with Gasteiger partial charge in [0.1, 0.15) is 0 Å². The molecule has 0 aliphatic heterocycles. The summed E-state index contributed by atoms with van der Waals surface area (Å²) in [6, 6.07) is 8.55. The van der Waals surface area contributed by atoms with Crippen molar-refractivity contribution in [1.29, 1.82) is 0 Å². The van der Waals surface area contributed by atoms with E-state index in [2.05, 4.69) is 52.2 Å². The first kappa shape index (κ1) is 10.9. The molecule has 0 atom stereocenters. The van der Waals surface area contributed by atoms with E-state index in [0.717, 1.165) is 26.1 Å². The van der Waals surface area contributed by atoms with E-state index in [4.69, 9.17) is 5.73 Å². The van der Waals surface area contributed by atoms with Crippen LogP contribution in [0.4, 0.5) is 0 Å². The van der Waals surface area contributed by atoms with Crippen molar-refractivity contribution in [2.75, 3.05) is 13.1 Å². The molecule has 0 fully saturated rings. The minimum Gasteiger partial charge on any atom is -0.330 e. The molecule has 0 amide bonds.